The van der Waals surface area contributed by atoms with E-state index in [4.69, 9.17) is 20.8 Å². The van der Waals surface area contributed by atoms with Gasteiger partial charge in [-0.1, -0.05) is 84.4 Å². The maximum atomic E-state index is 13.4. The Morgan fingerprint density at radius 2 is 1.45 bits per heavy atom. The van der Waals surface area contributed by atoms with Gasteiger partial charge in [-0.2, -0.15) is 0 Å². The fourth-order valence-corrected chi connectivity index (χ4v) is 4.25. The summed E-state index contributed by atoms with van der Waals surface area (Å²) in [5, 5.41) is 2.74. The number of halogens is 1. The predicted octanol–water partition coefficient (Wildman–Crippen LogP) is 8.26. The maximum Gasteiger partial charge on any atom is 0.342 e. The Morgan fingerprint density at radius 1 is 0.788 bits per heavy atom. The first-order valence-corrected chi connectivity index (χ1v) is 11.2. The van der Waals surface area contributed by atoms with Crippen LogP contribution in [0.3, 0.4) is 0 Å². The van der Waals surface area contributed by atoms with Gasteiger partial charge in [-0.05, 0) is 47.5 Å². The van der Waals surface area contributed by atoms with Gasteiger partial charge in [0, 0.05) is 21.7 Å². The Morgan fingerprint density at radius 3 is 2.21 bits per heavy atom. The van der Waals surface area contributed by atoms with E-state index in [-0.39, 0.29) is 6.61 Å². The van der Waals surface area contributed by atoms with Crippen LogP contribution in [-0.2, 0) is 4.74 Å². The number of hydrogen-bond donors (Lipinski definition) is 0. The lowest BCUT2D eigenvalue weighted by Gasteiger charge is -2.10. The molecule has 0 fully saturated rings. The number of benzene rings is 4. The summed E-state index contributed by atoms with van der Waals surface area (Å²) in [5.74, 6) is 0.676. The summed E-state index contributed by atoms with van der Waals surface area (Å²) in [7, 11) is 0. The number of furan rings is 1. The van der Waals surface area contributed by atoms with E-state index in [1.165, 1.54) is 0 Å². The van der Waals surface area contributed by atoms with Gasteiger partial charge in [0.25, 0.3) is 0 Å². The summed E-state index contributed by atoms with van der Waals surface area (Å²) in [6.07, 6.45) is 0. The van der Waals surface area contributed by atoms with E-state index < -0.39 is 5.97 Å². The monoisotopic (exact) mass is 452 g/mol. The molecule has 0 saturated heterocycles. The minimum atomic E-state index is -0.414. The van der Waals surface area contributed by atoms with Crippen molar-refractivity contribution in [3.05, 3.63) is 108 Å². The highest BCUT2D eigenvalue weighted by molar-refractivity contribution is 6.30. The molecule has 4 aromatic carbocycles. The Bertz CT molecular complexity index is 1430. The van der Waals surface area contributed by atoms with E-state index in [0.29, 0.717) is 27.7 Å². The van der Waals surface area contributed by atoms with E-state index in [1.807, 2.05) is 78.9 Å². The normalized spacial score (nSPS) is 11.0. The van der Waals surface area contributed by atoms with Gasteiger partial charge in [-0.3, -0.25) is 0 Å². The van der Waals surface area contributed by atoms with Crippen molar-refractivity contribution in [3.63, 3.8) is 0 Å². The fourth-order valence-electron chi connectivity index (χ4n) is 4.13. The molecule has 0 aliphatic carbocycles. The van der Waals surface area contributed by atoms with Gasteiger partial charge in [0.1, 0.15) is 17.1 Å². The predicted molar refractivity (Wildman–Crippen MR) is 133 cm³/mol. The molecule has 0 bridgehead atoms. The van der Waals surface area contributed by atoms with Crippen molar-refractivity contribution in [3.8, 4) is 33.8 Å². The summed E-state index contributed by atoms with van der Waals surface area (Å²) >= 11 is 6.15. The van der Waals surface area contributed by atoms with Crippen LogP contribution in [-0.4, -0.2) is 12.6 Å². The molecule has 5 aromatic rings. The highest BCUT2D eigenvalue weighted by Crippen LogP contribution is 2.45. The number of rotatable bonds is 5. The number of carbonyl (C=O) groups is 1. The molecule has 0 radical (unpaired) electrons. The van der Waals surface area contributed by atoms with Crippen molar-refractivity contribution in [2.45, 2.75) is 6.92 Å². The molecule has 0 aliphatic heterocycles. The fraction of sp³-hybridized carbons (Fsp3) is 0.0690. The maximum absolute atomic E-state index is 13.4. The second-order valence-electron chi connectivity index (χ2n) is 7.63. The first-order valence-electron chi connectivity index (χ1n) is 10.8. The van der Waals surface area contributed by atoms with Crippen molar-refractivity contribution in [2.75, 3.05) is 6.61 Å². The molecule has 4 heteroatoms. The van der Waals surface area contributed by atoms with Gasteiger partial charge >= 0.3 is 5.97 Å². The summed E-state index contributed by atoms with van der Waals surface area (Å²) < 4.78 is 12.0. The zero-order valence-electron chi connectivity index (χ0n) is 18.0. The van der Waals surface area contributed by atoms with E-state index in [2.05, 4.69) is 18.2 Å². The van der Waals surface area contributed by atoms with Crippen LogP contribution in [0.5, 0.6) is 0 Å². The number of esters is 1. The Labute approximate surface area is 197 Å². The first kappa shape index (κ1) is 21.0. The molecule has 0 spiro atoms. The lowest BCUT2D eigenvalue weighted by Crippen LogP contribution is -2.06. The van der Waals surface area contributed by atoms with Gasteiger partial charge < -0.3 is 9.15 Å². The van der Waals surface area contributed by atoms with Crippen LogP contribution in [0.4, 0.5) is 0 Å². The minimum Gasteiger partial charge on any atom is -0.462 e. The molecule has 162 valence electrons. The molecule has 0 saturated carbocycles. The lowest BCUT2D eigenvalue weighted by atomic mass is 9.92. The quantitative estimate of drug-likeness (QED) is 0.252. The molecule has 1 aromatic heterocycles. The summed E-state index contributed by atoms with van der Waals surface area (Å²) in [6, 6.07) is 31.3. The van der Waals surface area contributed by atoms with Crippen LogP contribution < -0.4 is 0 Å². The van der Waals surface area contributed by atoms with Crippen molar-refractivity contribution in [1.82, 2.24) is 0 Å². The second-order valence-corrected chi connectivity index (χ2v) is 8.07. The topological polar surface area (TPSA) is 39.4 Å². The van der Waals surface area contributed by atoms with E-state index in [0.717, 1.165) is 27.5 Å². The third-order valence-corrected chi connectivity index (χ3v) is 5.84. The number of ether oxygens (including phenoxy) is 1. The smallest absolute Gasteiger partial charge is 0.342 e. The van der Waals surface area contributed by atoms with Crippen LogP contribution in [0.2, 0.25) is 5.02 Å². The average Bonchev–Trinajstić information content (AvgIpc) is 3.25. The Kier molecular flexibility index (Phi) is 5.72. The van der Waals surface area contributed by atoms with Crippen molar-refractivity contribution >= 4 is 28.3 Å². The molecule has 0 N–H and O–H groups in total. The molecule has 0 atom stereocenters. The number of fused-ring (bicyclic) bond motifs is 1. The first-order chi connectivity index (χ1) is 16.2. The van der Waals surface area contributed by atoms with E-state index in [1.54, 1.807) is 6.92 Å². The van der Waals surface area contributed by atoms with Gasteiger partial charge in [0.15, 0.2) is 0 Å². The van der Waals surface area contributed by atoms with Crippen molar-refractivity contribution < 1.29 is 13.9 Å². The molecule has 1 heterocycles. The number of carbonyl (C=O) groups excluding carboxylic acids is 1. The molecule has 0 amide bonds. The zero-order valence-corrected chi connectivity index (χ0v) is 18.8. The largest absolute Gasteiger partial charge is 0.462 e. The Hall–Kier alpha value is -3.82. The lowest BCUT2D eigenvalue weighted by molar-refractivity contribution is 0.0527. The van der Waals surface area contributed by atoms with Crippen LogP contribution in [0.1, 0.15) is 17.3 Å². The summed E-state index contributed by atoms with van der Waals surface area (Å²) in [4.78, 5) is 13.4. The van der Waals surface area contributed by atoms with Gasteiger partial charge in [0.2, 0.25) is 0 Å². The number of hydrogen-bond acceptors (Lipinski definition) is 3. The SMILES string of the molecule is CCOC(=O)c1c(-c2ccccc2)oc(-c2ccc(Cl)cc2)c1-c1cccc2ccccc12. The van der Waals surface area contributed by atoms with Crippen LogP contribution in [0.25, 0.3) is 44.5 Å². The minimum absolute atomic E-state index is 0.267. The molecular weight excluding hydrogens is 432 g/mol. The molecule has 0 unspecified atom stereocenters. The second kappa shape index (κ2) is 8.97. The highest BCUT2D eigenvalue weighted by Gasteiger charge is 2.30. The summed E-state index contributed by atoms with van der Waals surface area (Å²) in [5.41, 5.74) is 3.68. The molecule has 3 nitrogen and oxygen atoms in total. The standard InChI is InChI=1S/C29H21ClO3/c1-2-32-29(31)26-25(24-14-8-12-19-9-6-7-13-23(19)24)27(21-15-17-22(30)18-16-21)33-28(26)20-10-4-3-5-11-20/h3-18H,2H2,1H3. The molecule has 33 heavy (non-hydrogen) atoms. The zero-order chi connectivity index (χ0) is 22.8. The molecule has 5 rings (SSSR count). The third-order valence-electron chi connectivity index (χ3n) is 5.59. The third kappa shape index (κ3) is 3.92. The summed E-state index contributed by atoms with van der Waals surface area (Å²) in [6.45, 7) is 2.07. The van der Waals surface area contributed by atoms with Crippen LogP contribution in [0.15, 0.2) is 101 Å². The van der Waals surface area contributed by atoms with Crippen molar-refractivity contribution in [1.29, 1.82) is 0 Å². The average molecular weight is 453 g/mol. The van der Waals surface area contributed by atoms with E-state index in [9.17, 15) is 4.79 Å². The molecule has 0 aliphatic rings. The van der Waals surface area contributed by atoms with Gasteiger partial charge in [-0.15, -0.1) is 0 Å². The van der Waals surface area contributed by atoms with Crippen LogP contribution >= 0.6 is 11.6 Å². The molecular formula is C29H21ClO3. The van der Waals surface area contributed by atoms with Gasteiger partial charge in [-0.25, -0.2) is 4.79 Å². The highest BCUT2D eigenvalue weighted by atomic mass is 35.5. The van der Waals surface area contributed by atoms with E-state index >= 15 is 0 Å². The Balaban J connectivity index is 1.90. The van der Waals surface area contributed by atoms with Gasteiger partial charge in [0.05, 0.1) is 6.61 Å². The van der Waals surface area contributed by atoms with Crippen molar-refractivity contribution in [2.24, 2.45) is 0 Å². The van der Waals surface area contributed by atoms with Crippen LogP contribution in [0, 0.1) is 0 Å².